The summed E-state index contributed by atoms with van der Waals surface area (Å²) in [6.45, 7) is 7.05. The van der Waals surface area contributed by atoms with Gasteiger partial charge in [0.1, 0.15) is 0 Å². The van der Waals surface area contributed by atoms with Crippen molar-refractivity contribution in [3.8, 4) is 0 Å². The smallest absolute Gasteiger partial charge is 0.262 e. The van der Waals surface area contributed by atoms with Crippen LogP contribution in [0.1, 0.15) is 51.5 Å². The van der Waals surface area contributed by atoms with Gasteiger partial charge in [0.15, 0.2) is 5.16 Å². The molecule has 1 heterocycles. The minimum absolute atomic E-state index is 0.0439. The van der Waals surface area contributed by atoms with Crippen LogP contribution in [0.15, 0.2) is 58.5 Å². The predicted molar refractivity (Wildman–Crippen MR) is 125 cm³/mol. The van der Waals surface area contributed by atoms with Gasteiger partial charge in [-0.3, -0.25) is 14.2 Å². The van der Waals surface area contributed by atoms with E-state index in [4.69, 9.17) is 0 Å². The molecule has 5 nitrogen and oxygen atoms in total. The maximum absolute atomic E-state index is 12.9. The Hall–Kier alpha value is -2.60. The number of fused-ring (bicyclic) bond motifs is 1. The number of para-hydroxylation sites is 1. The number of hydrogen-bond donors (Lipinski definition) is 1. The van der Waals surface area contributed by atoms with Gasteiger partial charge < -0.3 is 5.32 Å². The number of nitrogens with zero attached hydrogens (tertiary/aromatic N) is 2. The first-order chi connectivity index (χ1) is 14.5. The SMILES string of the molecule is CCCCn1c(SCC(=O)Nc2ccc(C(C)CC)cc2)nc2ccccc2c1=O. The zero-order chi connectivity index (χ0) is 21.5. The average molecular weight is 424 g/mol. The second kappa shape index (κ2) is 10.4. The zero-order valence-corrected chi connectivity index (χ0v) is 18.7. The topological polar surface area (TPSA) is 64.0 Å². The van der Waals surface area contributed by atoms with Gasteiger partial charge in [0.2, 0.25) is 5.91 Å². The molecule has 158 valence electrons. The van der Waals surface area contributed by atoms with Gasteiger partial charge in [-0.1, -0.05) is 63.2 Å². The van der Waals surface area contributed by atoms with Crippen LogP contribution in [0.25, 0.3) is 10.9 Å². The van der Waals surface area contributed by atoms with E-state index in [-0.39, 0.29) is 17.2 Å². The van der Waals surface area contributed by atoms with Gasteiger partial charge >= 0.3 is 0 Å². The third-order valence-electron chi connectivity index (χ3n) is 5.27. The number of thioether (sulfide) groups is 1. The molecule has 0 aliphatic carbocycles. The zero-order valence-electron chi connectivity index (χ0n) is 17.9. The molecule has 0 fully saturated rings. The molecule has 30 heavy (non-hydrogen) atoms. The molecule has 0 aliphatic heterocycles. The molecular formula is C24H29N3O2S. The molecule has 1 aromatic heterocycles. The van der Waals surface area contributed by atoms with Crippen LogP contribution in [-0.2, 0) is 11.3 Å². The number of rotatable bonds is 9. The Morgan fingerprint density at radius 3 is 2.57 bits per heavy atom. The first-order valence-corrected chi connectivity index (χ1v) is 11.5. The molecule has 0 radical (unpaired) electrons. The number of carbonyl (C=O) groups excluding carboxylic acids is 1. The van der Waals surface area contributed by atoms with Crippen LogP contribution in [0.4, 0.5) is 5.69 Å². The van der Waals surface area contributed by atoms with E-state index in [9.17, 15) is 9.59 Å². The molecule has 0 bridgehead atoms. The molecular weight excluding hydrogens is 394 g/mol. The first-order valence-electron chi connectivity index (χ1n) is 10.6. The van der Waals surface area contributed by atoms with Crippen molar-refractivity contribution in [1.82, 2.24) is 9.55 Å². The summed E-state index contributed by atoms with van der Waals surface area (Å²) in [6, 6.07) is 15.4. The van der Waals surface area contributed by atoms with Crippen molar-refractivity contribution < 1.29 is 4.79 Å². The normalized spacial score (nSPS) is 12.1. The highest BCUT2D eigenvalue weighted by Gasteiger charge is 2.13. The number of benzene rings is 2. The summed E-state index contributed by atoms with van der Waals surface area (Å²) >= 11 is 1.31. The molecule has 0 saturated carbocycles. The van der Waals surface area contributed by atoms with Crippen LogP contribution in [0.3, 0.4) is 0 Å². The quantitative estimate of drug-likeness (QED) is 0.368. The molecule has 1 atom stereocenters. The van der Waals surface area contributed by atoms with Crippen LogP contribution >= 0.6 is 11.8 Å². The fourth-order valence-electron chi connectivity index (χ4n) is 3.23. The summed E-state index contributed by atoms with van der Waals surface area (Å²) in [6.07, 6.45) is 2.96. The highest BCUT2D eigenvalue weighted by Crippen LogP contribution is 2.22. The summed E-state index contributed by atoms with van der Waals surface area (Å²) in [5.41, 5.74) is 2.67. The molecule has 0 spiro atoms. The summed E-state index contributed by atoms with van der Waals surface area (Å²) in [5, 5.41) is 4.14. The fourth-order valence-corrected chi connectivity index (χ4v) is 4.05. The van der Waals surface area contributed by atoms with Crippen LogP contribution in [0.5, 0.6) is 0 Å². The molecule has 0 aliphatic rings. The van der Waals surface area contributed by atoms with Gasteiger partial charge in [0.05, 0.1) is 16.7 Å². The van der Waals surface area contributed by atoms with Gasteiger partial charge in [-0.15, -0.1) is 0 Å². The number of hydrogen-bond acceptors (Lipinski definition) is 4. The van der Waals surface area contributed by atoms with Crippen molar-refractivity contribution in [3.63, 3.8) is 0 Å². The largest absolute Gasteiger partial charge is 0.325 e. The Morgan fingerprint density at radius 2 is 1.87 bits per heavy atom. The van der Waals surface area contributed by atoms with Gasteiger partial charge in [0, 0.05) is 12.2 Å². The molecule has 1 amide bonds. The number of aromatic nitrogens is 2. The third-order valence-corrected chi connectivity index (χ3v) is 6.25. The maximum atomic E-state index is 12.9. The molecule has 0 saturated heterocycles. The summed E-state index contributed by atoms with van der Waals surface area (Å²) in [7, 11) is 0. The Bertz CT molecular complexity index is 1060. The van der Waals surface area contributed by atoms with Crippen molar-refractivity contribution in [2.75, 3.05) is 11.1 Å². The van der Waals surface area contributed by atoms with Crippen molar-refractivity contribution in [2.45, 2.75) is 57.7 Å². The van der Waals surface area contributed by atoms with E-state index < -0.39 is 0 Å². The Morgan fingerprint density at radius 1 is 1.13 bits per heavy atom. The van der Waals surface area contributed by atoms with Crippen molar-refractivity contribution in [1.29, 1.82) is 0 Å². The van der Waals surface area contributed by atoms with E-state index in [1.807, 2.05) is 30.3 Å². The molecule has 1 N–H and O–H groups in total. The van der Waals surface area contributed by atoms with Crippen molar-refractivity contribution >= 4 is 34.3 Å². The molecule has 3 rings (SSSR count). The lowest BCUT2D eigenvalue weighted by molar-refractivity contribution is -0.113. The molecule has 6 heteroatoms. The second-order valence-electron chi connectivity index (χ2n) is 7.49. The van der Waals surface area contributed by atoms with E-state index in [1.165, 1.54) is 17.3 Å². The van der Waals surface area contributed by atoms with Crippen molar-refractivity contribution in [2.24, 2.45) is 0 Å². The maximum Gasteiger partial charge on any atom is 0.262 e. The third kappa shape index (κ3) is 5.30. The van der Waals surface area contributed by atoms with Crippen molar-refractivity contribution in [3.05, 3.63) is 64.4 Å². The lowest BCUT2D eigenvalue weighted by Gasteiger charge is -2.13. The fraction of sp³-hybridized carbons (Fsp3) is 0.375. The summed E-state index contributed by atoms with van der Waals surface area (Å²) in [5.74, 6) is 0.592. The number of anilines is 1. The standard InChI is InChI=1S/C24H29N3O2S/c1-4-6-15-27-23(29)20-9-7-8-10-21(20)26-24(27)30-16-22(28)25-19-13-11-18(12-14-19)17(3)5-2/h7-14,17H,4-6,15-16H2,1-3H3,(H,25,28). The number of carbonyl (C=O) groups is 1. The van der Waals surface area contributed by atoms with Crippen LogP contribution < -0.4 is 10.9 Å². The highest BCUT2D eigenvalue weighted by molar-refractivity contribution is 7.99. The predicted octanol–water partition coefficient (Wildman–Crippen LogP) is 5.44. The highest BCUT2D eigenvalue weighted by atomic mass is 32.2. The number of nitrogens with one attached hydrogen (secondary N) is 1. The van der Waals surface area contributed by atoms with Gasteiger partial charge in [-0.05, 0) is 48.6 Å². The minimum Gasteiger partial charge on any atom is -0.325 e. The molecule has 1 unspecified atom stereocenters. The first kappa shape index (κ1) is 22.1. The van der Waals surface area contributed by atoms with E-state index >= 15 is 0 Å². The molecule has 3 aromatic rings. The van der Waals surface area contributed by atoms with Gasteiger partial charge in [-0.2, -0.15) is 0 Å². The Balaban J connectivity index is 1.72. The monoisotopic (exact) mass is 423 g/mol. The average Bonchev–Trinajstić information content (AvgIpc) is 2.77. The lowest BCUT2D eigenvalue weighted by atomic mass is 9.99. The van der Waals surface area contributed by atoms with E-state index in [2.05, 4.69) is 43.2 Å². The van der Waals surface area contributed by atoms with E-state index in [0.717, 1.165) is 24.9 Å². The molecule has 2 aromatic carbocycles. The Labute approximate surface area is 181 Å². The Kier molecular flexibility index (Phi) is 7.69. The van der Waals surface area contributed by atoms with E-state index in [1.54, 1.807) is 10.6 Å². The van der Waals surface area contributed by atoms with Crippen LogP contribution in [0, 0.1) is 0 Å². The summed E-state index contributed by atoms with van der Waals surface area (Å²) in [4.78, 5) is 30.1. The number of unbranched alkanes of at least 4 members (excludes halogenated alkanes) is 1. The van der Waals surface area contributed by atoms with E-state index in [0.29, 0.717) is 28.5 Å². The van der Waals surface area contributed by atoms with Crippen LogP contribution in [-0.4, -0.2) is 21.2 Å². The second-order valence-corrected chi connectivity index (χ2v) is 8.43. The van der Waals surface area contributed by atoms with Crippen LogP contribution in [0.2, 0.25) is 0 Å². The lowest BCUT2D eigenvalue weighted by Crippen LogP contribution is -2.24. The van der Waals surface area contributed by atoms with Gasteiger partial charge in [-0.25, -0.2) is 4.98 Å². The summed E-state index contributed by atoms with van der Waals surface area (Å²) < 4.78 is 1.70. The van der Waals surface area contributed by atoms with Gasteiger partial charge in [0.25, 0.3) is 5.56 Å². The minimum atomic E-state index is -0.110. The number of amides is 1.